The number of nitrogens with zero attached hydrogens (tertiary/aromatic N) is 5. The van der Waals surface area contributed by atoms with Crippen LogP contribution in [0.3, 0.4) is 0 Å². The first kappa shape index (κ1) is 19.9. The molecule has 3 rings (SSSR count). The highest BCUT2D eigenvalue weighted by Gasteiger charge is 2.20. The van der Waals surface area contributed by atoms with E-state index in [0.29, 0.717) is 21.4 Å². The van der Waals surface area contributed by atoms with Gasteiger partial charge in [-0.15, -0.1) is 5.10 Å². The van der Waals surface area contributed by atoms with Gasteiger partial charge in [-0.3, -0.25) is 4.79 Å². The van der Waals surface area contributed by atoms with Gasteiger partial charge in [0.1, 0.15) is 6.07 Å². The van der Waals surface area contributed by atoms with Gasteiger partial charge < -0.3 is 5.32 Å². The number of hydrogen-bond donors (Lipinski definition) is 1. The summed E-state index contributed by atoms with van der Waals surface area (Å²) in [7, 11) is 0. The zero-order valence-corrected chi connectivity index (χ0v) is 17.0. The van der Waals surface area contributed by atoms with E-state index in [-0.39, 0.29) is 5.91 Å². The van der Waals surface area contributed by atoms with Crippen LogP contribution in [0.4, 0.5) is 5.69 Å². The quantitative estimate of drug-likeness (QED) is 0.638. The van der Waals surface area contributed by atoms with Crippen LogP contribution in [0.25, 0.3) is 5.69 Å². The van der Waals surface area contributed by atoms with Gasteiger partial charge in [-0.25, -0.2) is 0 Å². The van der Waals surface area contributed by atoms with E-state index in [4.69, 9.17) is 16.9 Å². The molecular formula is C19H17ClN6OS. The van der Waals surface area contributed by atoms with Gasteiger partial charge in [0.05, 0.1) is 21.5 Å². The Kier molecular flexibility index (Phi) is 5.97. The molecule has 7 nitrogen and oxygen atoms in total. The third-order valence-electron chi connectivity index (χ3n) is 4.04. The first-order valence-corrected chi connectivity index (χ1v) is 9.68. The molecule has 1 aromatic heterocycles. The number of nitrogens with one attached hydrogen (secondary N) is 1. The molecular weight excluding hydrogens is 396 g/mol. The Morgan fingerprint density at radius 1 is 1.29 bits per heavy atom. The maximum atomic E-state index is 12.6. The minimum Gasteiger partial charge on any atom is -0.325 e. The Morgan fingerprint density at radius 3 is 2.79 bits per heavy atom. The normalized spacial score (nSPS) is 11.7. The van der Waals surface area contributed by atoms with Crippen LogP contribution in [0.1, 0.15) is 23.6 Å². The van der Waals surface area contributed by atoms with Crippen LogP contribution in [0, 0.1) is 25.2 Å². The first-order chi connectivity index (χ1) is 13.4. The summed E-state index contributed by atoms with van der Waals surface area (Å²) in [4.78, 5) is 12.6. The number of carbonyl (C=O) groups is 1. The number of amides is 1. The van der Waals surface area contributed by atoms with Crippen molar-refractivity contribution in [2.45, 2.75) is 31.2 Å². The van der Waals surface area contributed by atoms with E-state index in [1.807, 2.05) is 38.1 Å². The number of nitriles is 1. The van der Waals surface area contributed by atoms with Gasteiger partial charge in [-0.2, -0.15) is 9.94 Å². The molecule has 142 valence electrons. The van der Waals surface area contributed by atoms with Crippen LogP contribution in [0.5, 0.6) is 0 Å². The Balaban J connectivity index is 1.75. The zero-order chi connectivity index (χ0) is 20.3. The highest BCUT2D eigenvalue weighted by molar-refractivity contribution is 8.00. The molecule has 1 heterocycles. The lowest BCUT2D eigenvalue weighted by molar-refractivity contribution is -0.115. The second kappa shape index (κ2) is 8.42. The SMILES string of the molecule is Cc1ccc(C)c(-n2nnnc2S[C@@H](C)C(=O)Nc2ccc(C#N)c(Cl)c2)c1. The number of halogens is 1. The van der Waals surface area contributed by atoms with Crippen molar-refractivity contribution in [3.05, 3.63) is 58.1 Å². The largest absolute Gasteiger partial charge is 0.325 e. The lowest BCUT2D eigenvalue weighted by Gasteiger charge is -2.13. The first-order valence-electron chi connectivity index (χ1n) is 8.42. The van der Waals surface area contributed by atoms with Crippen molar-refractivity contribution in [3.8, 4) is 11.8 Å². The fourth-order valence-electron chi connectivity index (χ4n) is 2.49. The van der Waals surface area contributed by atoms with E-state index in [0.717, 1.165) is 16.8 Å². The molecule has 28 heavy (non-hydrogen) atoms. The molecule has 0 aliphatic heterocycles. The van der Waals surface area contributed by atoms with E-state index >= 15 is 0 Å². The molecule has 3 aromatic rings. The third kappa shape index (κ3) is 4.32. The predicted molar refractivity (Wildman–Crippen MR) is 109 cm³/mol. The fourth-order valence-corrected chi connectivity index (χ4v) is 3.51. The number of aromatic nitrogens is 4. The van der Waals surface area contributed by atoms with Crippen LogP contribution >= 0.6 is 23.4 Å². The van der Waals surface area contributed by atoms with E-state index < -0.39 is 5.25 Å². The molecule has 0 unspecified atom stereocenters. The molecule has 0 fully saturated rings. The molecule has 0 saturated carbocycles. The monoisotopic (exact) mass is 412 g/mol. The van der Waals surface area contributed by atoms with Crippen LogP contribution < -0.4 is 5.32 Å². The minimum atomic E-state index is -0.454. The van der Waals surface area contributed by atoms with Gasteiger partial charge in [0, 0.05) is 5.69 Å². The maximum Gasteiger partial charge on any atom is 0.237 e. The Morgan fingerprint density at radius 2 is 2.07 bits per heavy atom. The Bertz CT molecular complexity index is 1070. The van der Waals surface area contributed by atoms with Crippen molar-refractivity contribution in [2.24, 2.45) is 0 Å². The lowest BCUT2D eigenvalue weighted by atomic mass is 10.1. The molecule has 0 saturated heterocycles. The van der Waals surface area contributed by atoms with E-state index in [2.05, 4.69) is 20.8 Å². The molecule has 1 atom stereocenters. The van der Waals surface area contributed by atoms with Gasteiger partial charge in [0.15, 0.2) is 0 Å². The van der Waals surface area contributed by atoms with Crippen molar-refractivity contribution < 1.29 is 4.79 Å². The highest BCUT2D eigenvalue weighted by atomic mass is 35.5. The number of hydrogen-bond acceptors (Lipinski definition) is 6. The van der Waals surface area contributed by atoms with Gasteiger partial charge >= 0.3 is 0 Å². The molecule has 0 aliphatic rings. The van der Waals surface area contributed by atoms with Crippen molar-refractivity contribution in [2.75, 3.05) is 5.32 Å². The number of rotatable bonds is 5. The number of benzene rings is 2. The average Bonchev–Trinajstić information content (AvgIpc) is 3.11. The third-order valence-corrected chi connectivity index (χ3v) is 5.39. The van der Waals surface area contributed by atoms with Crippen LogP contribution in [0.2, 0.25) is 5.02 Å². The number of thioether (sulfide) groups is 1. The van der Waals surface area contributed by atoms with Gasteiger partial charge in [-0.1, -0.05) is 35.5 Å². The molecule has 0 aliphatic carbocycles. The fraction of sp³-hybridized carbons (Fsp3) is 0.211. The molecule has 1 amide bonds. The lowest BCUT2D eigenvalue weighted by Crippen LogP contribution is -2.23. The topological polar surface area (TPSA) is 96.5 Å². The summed E-state index contributed by atoms with van der Waals surface area (Å²) in [6, 6.07) is 12.8. The molecule has 1 N–H and O–H groups in total. The minimum absolute atomic E-state index is 0.221. The summed E-state index contributed by atoms with van der Waals surface area (Å²) >= 11 is 7.27. The summed E-state index contributed by atoms with van der Waals surface area (Å²) in [6.45, 7) is 5.75. The van der Waals surface area contributed by atoms with Crippen LogP contribution in [-0.4, -0.2) is 31.4 Å². The van der Waals surface area contributed by atoms with Crippen LogP contribution in [-0.2, 0) is 4.79 Å². The van der Waals surface area contributed by atoms with E-state index in [9.17, 15) is 4.79 Å². The number of anilines is 1. The Labute approximate surface area is 171 Å². The van der Waals surface area contributed by atoms with Gasteiger partial charge in [-0.05, 0) is 66.6 Å². The van der Waals surface area contributed by atoms with Crippen molar-refractivity contribution >= 4 is 35.0 Å². The maximum absolute atomic E-state index is 12.6. The standard InChI is InChI=1S/C19H17ClN6OS/c1-11-4-5-12(2)17(8-11)26-19(23-24-25-26)28-13(3)18(27)22-15-7-6-14(10-21)16(20)9-15/h4-9,13H,1-3H3,(H,22,27)/t13-/m0/s1. The average molecular weight is 413 g/mol. The number of carbonyl (C=O) groups excluding carboxylic acids is 1. The Hall–Kier alpha value is -2.89. The van der Waals surface area contributed by atoms with Crippen LogP contribution in [0.15, 0.2) is 41.6 Å². The highest BCUT2D eigenvalue weighted by Crippen LogP contribution is 2.26. The second-order valence-corrected chi connectivity index (χ2v) is 7.93. The predicted octanol–water partition coefficient (Wildman–Crippen LogP) is 3.92. The molecule has 9 heteroatoms. The van der Waals surface area contributed by atoms with E-state index in [1.54, 1.807) is 29.8 Å². The smallest absolute Gasteiger partial charge is 0.237 e. The molecule has 0 bridgehead atoms. The van der Waals surface area contributed by atoms with Crippen molar-refractivity contribution in [1.29, 1.82) is 5.26 Å². The molecule has 2 aromatic carbocycles. The molecule has 0 spiro atoms. The zero-order valence-electron chi connectivity index (χ0n) is 15.5. The summed E-state index contributed by atoms with van der Waals surface area (Å²) < 4.78 is 1.63. The van der Waals surface area contributed by atoms with E-state index in [1.165, 1.54) is 11.8 Å². The van der Waals surface area contributed by atoms with Crippen molar-refractivity contribution in [3.63, 3.8) is 0 Å². The summed E-state index contributed by atoms with van der Waals surface area (Å²) in [6.07, 6.45) is 0. The summed E-state index contributed by atoms with van der Waals surface area (Å²) in [5.74, 6) is -0.221. The summed E-state index contributed by atoms with van der Waals surface area (Å²) in [5, 5.41) is 24.0. The van der Waals surface area contributed by atoms with Crippen molar-refractivity contribution in [1.82, 2.24) is 20.2 Å². The number of aryl methyl sites for hydroxylation is 2. The molecule has 0 radical (unpaired) electrons. The second-order valence-electron chi connectivity index (χ2n) is 6.22. The summed E-state index contributed by atoms with van der Waals surface area (Å²) in [5.41, 5.74) is 3.88. The number of tetrazole rings is 1. The van der Waals surface area contributed by atoms with Gasteiger partial charge in [0.2, 0.25) is 11.1 Å². The van der Waals surface area contributed by atoms with Gasteiger partial charge in [0.25, 0.3) is 0 Å².